The van der Waals surface area contributed by atoms with E-state index in [2.05, 4.69) is 32.8 Å². The van der Waals surface area contributed by atoms with Crippen LogP contribution in [0.2, 0.25) is 0 Å². The summed E-state index contributed by atoms with van der Waals surface area (Å²) in [5, 5.41) is 9.08. The fraction of sp³-hybridized carbons (Fsp3) is 0.500. The molecule has 2 aliphatic heterocycles. The molecule has 0 radical (unpaired) electrons. The van der Waals surface area contributed by atoms with Gasteiger partial charge in [-0.05, 0) is 71.1 Å². The number of piperidine rings is 1. The highest BCUT2D eigenvalue weighted by Gasteiger charge is 2.36. The minimum atomic E-state index is -0.928. The molecule has 1 saturated heterocycles. The summed E-state index contributed by atoms with van der Waals surface area (Å²) in [7, 11) is 0. The third-order valence-electron chi connectivity index (χ3n) is 7.01. The molecule has 11 nitrogen and oxygen atoms in total. The normalized spacial score (nSPS) is 18.1. The number of anilines is 4. The molecule has 2 aliphatic rings. The van der Waals surface area contributed by atoms with E-state index in [9.17, 15) is 9.59 Å². The predicted molar refractivity (Wildman–Crippen MR) is 149 cm³/mol. The van der Waals surface area contributed by atoms with E-state index in [0.29, 0.717) is 46.5 Å². The molecule has 0 saturated carbocycles. The molecule has 208 valence electrons. The summed E-state index contributed by atoms with van der Waals surface area (Å²) in [6, 6.07) is 7.29. The summed E-state index contributed by atoms with van der Waals surface area (Å²) in [4.78, 5) is 36.1. The van der Waals surface area contributed by atoms with Gasteiger partial charge in [0.15, 0.2) is 17.0 Å². The number of hydrogen-bond donors (Lipinski definition) is 3. The first-order valence-corrected chi connectivity index (χ1v) is 13.2. The Morgan fingerprint density at radius 3 is 2.62 bits per heavy atom. The molecule has 39 heavy (non-hydrogen) atoms. The number of hydrogen-bond acceptors (Lipinski definition) is 9. The first kappa shape index (κ1) is 26.6. The lowest BCUT2D eigenvalue weighted by atomic mass is 9.80. The molecule has 2 amide bonds. The molecule has 3 N–H and O–H groups in total. The first-order valence-electron chi connectivity index (χ1n) is 13.2. The van der Waals surface area contributed by atoms with Crippen LogP contribution < -0.4 is 25.6 Å². The summed E-state index contributed by atoms with van der Waals surface area (Å²) in [6.07, 6.45) is 2.93. The maximum Gasteiger partial charge on any atom is 0.407 e. The number of amides is 2. The van der Waals surface area contributed by atoms with Gasteiger partial charge >= 0.3 is 6.09 Å². The first-order chi connectivity index (χ1) is 18.3. The zero-order valence-corrected chi connectivity index (χ0v) is 23.3. The van der Waals surface area contributed by atoms with Crippen LogP contribution in [0.3, 0.4) is 0 Å². The number of ether oxygens (including phenoxy) is 2. The lowest BCUT2D eigenvalue weighted by Gasteiger charge is -2.40. The van der Waals surface area contributed by atoms with Crippen molar-refractivity contribution in [2.75, 3.05) is 35.2 Å². The van der Waals surface area contributed by atoms with Crippen molar-refractivity contribution in [2.24, 2.45) is 5.41 Å². The molecular formula is C28H36N6O5. The van der Waals surface area contributed by atoms with E-state index in [1.807, 2.05) is 39.0 Å². The molecule has 0 spiro atoms. The molecule has 0 bridgehead atoms. The minimum Gasteiger partial charge on any atom is -0.476 e. The number of carbonyl (C=O) groups is 2. The van der Waals surface area contributed by atoms with Crippen LogP contribution in [-0.2, 0) is 9.53 Å². The molecule has 0 aliphatic carbocycles. The third kappa shape index (κ3) is 5.86. The topological polar surface area (TPSA) is 131 Å². The number of rotatable bonds is 5. The summed E-state index contributed by atoms with van der Waals surface area (Å²) >= 11 is 0. The number of nitrogens with zero attached hydrogens (tertiary/aromatic N) is 3. The molecule has 1 aromatic carbocycles. The van der Waals surface area contributed by atoms with Gasteiger partial charge in [-0.2, -0.15) is 4.98 Å². The zero-order valence-electron chi connectivity index (χ0n) is 23.3. The van der Waals surface area contributed by atoms with Gasteiger partial charge in [-0.1, -0.05) is 6.92 Å². The number of alkyl carbamates (subject to hydrolysis) is 1. The second-order valence-electron chi connectivity index (χ2n) is 12.1. The Balaban J connectivity index is 1.29. The Hall–Kier alpha value is -4.02. The van der Waals surface area contributed by atoms with E-state index in [-0.39, 0.29) is 11.3 Å². The van der Waals surface area contributed by atoms with Crippen molar-refractivity contribution in [2.45, 2.75) is 65.6 Å². The average molecular weight is 537 g/mol. The number of fused-ring (bicyclic) bond motifs is 2. The molecule has 0 atom stereocenters. The fourth-order valence-electron chi connectivity index (χ4n) is 4.67. The van der Waals surface area contributed by atoms with E-state index in [4.69, 9.17) is 18.9 Å². The van der Waals surface area contributed by atoms with Gasteiger partial charge in [0.1, 0.15) is 16.9 Å². The Morgan fingerprint density at radius 1 is 1.15 bits per heavy atom. The largest absolute Gasteiger partial charge is 0.476 e. The highest BCUT2D eigenvalue weighted by molar-refractivity contribution is 6.00. The van der Waals surface area contributed by atoms with Gasteiger partial charge in [0, 0.05) is 31.4 Å². The standard InChI is InChI=1S/C28H36N6O5/c1-26(2,3)39-25(36)29-16-28(6)10-12-34(13-11-28)22-21-18(9-14-37-21)32-24(33-22)30-17-7-8-20-19(15-17)31-23(35)27(4,5)38-20/h7-9,14-15H,10-13,16H2,1-6H3,(H,29,36)(H,31,35)(H,30,32,33). The lowest BCUT2D eigenvalue weighted by molar-refractivity contribution is -0.129. The van der Waals surface area contributed by atoms with Gasteiger partial charge in [0.05, 0.1) is 12.0 Å². The van der Waals surface area contributed by atoms with Crippen LogP contribution in [0.25, 0.3) is 11.1 Å². The monoisotopic (exact) mass is 536 g/mol. The maximum absolute atomic E-state index is 12.3. The van der Waals surface area contributed by atoms with Crippen molar-refractivity contribution in [3.63, 3.8) is 0 Å². The van der Waals surface area contributed by atoms with Crippen LogP contribution in [0.1, 0.15) is 54.4 Å². The minimum absolute atomic E-state index is 0.0615. The van der Waals surface area contributed by atoms with Crippen molar-refractivity contribution in [1.29, 1.82) is 0 Å². The molecule has 0 unspecified atom stereocenters. The fourth-order valence-corrected chi connectivity index (χ4v) is 4.67. The van der Waals surface area contributed by atoms with Crippen LogP contribution in [-0.4, -0.2) is 52.8 Å². The summed E-state index contributed by atoms with van der Waals surface area (Å²) in [6.45, 7) is 13.2. The second kappa shape index (κ2) is 9.62. The van der Waals surface area contributed by atoms with Crippen LogP contribution in [0, 0.1) is 5.41 Å². The second-order valence-corrected chi connectivity index (χ2v) is 12.1. The highest BCUT2D eigenvalue weighted by Crippen LogP contribution is 2.38. The third-order valence-corrected chi connectivity index (χ3v) is 7.01. The zero-order chi connectivity index (χ0) is 28.0. The summed E-state index contributed by atoms with van der Waals surface area (Å²) in [5.41, 5.74) is 1.11. The van der Waals surface area contributed by atoms with Crippen LogP contribution in [0.15, 0.2) is 34.9 Å². The summed E-state index contributed by atoms with van der Waals surface area (Å²) < 4.78 is 17.0. The van der Waals surface area contributed by atoms with E-state index in [1.54, 1.807) is 26.2 Å². The van der Waals surface area contributed by atoms with Crippen LogP contribution in [0.4, 0.5) is 27.9 Å². The molecule has 4 heterocycles. The van der Waals surface area contributed by atoms with E-state index in [1.165, 1.54) is 0 Å². The number of aromatic nitrogens is 2. The van der Waals surface area contributed by atoms with Crippen LogP contribution in [0.5, 0.6) is 5.75 Å². The molecule has 11 heteroatoms. The van der Waals surface area contributed by atoms with Gasteiger partial charge in [-0.25, -0.2) is 9.78 Å². The molecule has 3 aromatic rings. The number of benzene rings is 1. The van der Waals surface area contributed by atoms with Crippen LogP contribution >= 0.6 is 0 Å². The van der Waals surface area contributed by atoms with Gasteiger partial charge in [0.2, 0.25) is 5.95 Å². The van der Waals surface area contributed by atoms with Gasteiger partial charge in [0.25, 0.3) is 5.91 Å². The number of nitrogens with one attached hydrogen (secondary N) is 3. The van der Waals surface area contributed by atoms with Crippen molar-refractivity contribution in [3.05, 3.63) is 30.5 Å². The van der Waals surface area contributed by atoms with Gasteiger partial charge in [-0.3, -0.25) is 4.79 Å². The number of furan rings is 1. The smallest absolute Gasteiger partial charge is 0.407 e. The maximum atomic E-state index is 12.3. The summed E-state index contributed by atoms with van der Waals surface area (Å²) in [5.74, 6) is 1.53. The predicted octanol–water partition coefficient (Wildman–Crippen LogP) is 5.21. The van der Waals surface area contributed by atoms with Crippen molar-refractivity contribution < 1.29 is 23.5 Å². The van der Waals surface area contributed by atoms with Gasteiger partial charge in [-0.15, -0.1) is 0 Å². The lowest BCUT2D eigenvalue weighted by Crippen LogP contribution is -2.46. The van der Waals surface area contributed by atoms with Gasteiger partial charge < -0.3 is 34.7 Å². The van der Waals surface area contributed by atoms with Crippen molar-refractivity contribution in [3.8, 4) is 5.75 Å². The van der Waals surface area contributed by atoms with Crippen molar-refractivity contribution in [1.82, 2.24) is 15.3 Å². The highest BCUT2D eigenvalue weighted by atomic mass is 16.6. The van der Waals surface area contributed by atoms with E-state index in [0.717, 1.165) is 25.9 Å². The molecule has 2 aromatic heterocycles. The molecule has 5 rings (SSSR count). The Bertz CT molecular complexity index is 1400. The Kier molecular flexibility index (Phi) is 6.56. The molecule has 1 fully saturated rings. The Morgan fingerprint density at radius 2 is 1.90 bits per heavy atom. The Labute approximate surface area is 227 Å². The average Bonchev–Trinajstić information content (AvgIpc) is 3.32. The van der Waals surface area contributed by atoms with E-state index >= 15 is 0 Å². The number of carbonyl (C=O) groups excluding carboxylic acids is 2. The SMILES string of the molecule is CC1(CNC(=O)OC(C)(C)C)CCN(c2nc(Nc3ccc4c(c3)NC(=O)C(C)(C)O4)nc3ccoc23)CC1. The van der Waals surface area contributed by atoms with Crippen molar-refractivity contribution >= 4 is 46.2 Å². The van der Waals surface area contributed by atoms with E-state index < -0.39 is 17.3 Å². The molecular weight excluding hydrogens is 500 g/mol. The quantitative estimate of drug-likeness (QED) is 0.402.